The highest BCUT2D eigenvalue weighted by atomic mass is 79.9. The van der Waals surface area contributed by atoms with Crippen LogP contribution in [0.5, 0.6) is 0 Å². The summed E-state index contributed by atoms with van der Waals surface area (Å²) in [6.45, 7) is 5.68. The van der Waals surface area contributed by atoms with Gasteiger partial charge in [0.15, 0.2) is 0 Å². The zero-order valence-electron chi connectivity index (χ0n) is 10.3. The third-order valence-corrected chi connectivity index (χ3v) is 4.31. The predicted molar refractivity (Wildman–Crippen MR) is 74.0 cm³/mol. The molecule has 0 bridgehead atoms. The van der Waals surface area contributed by atoms with Crippen LogP contribution in [-0.4, -0.2) is 29.7 Å². The molecule has 1 heterocycles. The summed E-state index contributed by atoms with van der Waals surface area (Å²) in [5.41, 5.74) is 2.65. The van der Waals surface area contributed by atoms with Gasteiger partial charge in [-0.25, -0.2) is 0 Å². The van der Waals surface area contributed by atoms with Gasteiger partial charge in [-0.3, -0.25) is 4.90 Å². The number of benzene rings is 1. The van der Waals surface area contributed by atoms with E-state index in [1.165, 1.54) is 15.6 Å². The summed E-state index contributed by atoms with van der Waals surface area (Å²) in [5, 5.41) is 9.12. The second-order valence-electron chi connectivity index (χ2n) is 5.00. The maximum Gasteiger partial charge on any atom is 0.0460 e. The fraction of sp³-hybridized carbons (Fsp3) is 0.571. The molecule has 1 N–H and O–H groups in total. The van der Waals surface area contributed by atoms with Crippen molar-refractivity contribution in [3.8, 4) is 0 Å². The van der Waals surface area contributed by atoms with Gasteiger partial charge in [0.05, 0.1) is 0 Å². The molecule has 1 aliphatic rings. The maximum atomic E-state index is 9.12. The van der Waals surface area contributed by atoms with Crippen molar-refractivity contribution in [2.24, 2.45) is 5.92 Å². The fourth-order valence-corrected chi connectivity index (χ4v) is 2.97. The largest absolute Gasteiger partial charge is 0.396 e. The molecular weight excluding hydrogens is 278 g/mol. The van der Waals surface area contributed by atoms with Gasteiger partial charge in [0.2, 0.25) is 0 Å². The lowest BCUT2D eigenvalue weighted by Gasteiger charge is -2.31. The average molecular weight is 298 g/mol. The van der Waals surface area contributed by atoms with E-state index < -0.39 is 0 Å². The van der Waals surface area contributed by atoms with Gasteiger partial charge in [-0.05, 0) is 56.0 Å². The van der Waals surface area contributed by atoms with Crippen molar-refractivity contribution in [3.05, 3.63) is 33.8 Å². The van der Waals surface area contributed by atoms with E-state index in [0.717, 1.165) is 32.5 Å². The summed E-state index contributed by atoms with van der Waals surface area (Å²) in [6.07, 6.45) is 2.25. The topological polar surface area (TPSA) is 23.5 Å². The number of aliphatic hydroxyl groups is 1. The Hall–Kier alpha value is -0.380. The summed E-state index contributed by atoms with van der Waals surface area (Å²) in [5.74, 6) is 0.521. The lowest BCUT2D eigenvalue weighted by Crippen LogP contribution is -2.34. The molecule has 1 aromatic carbocycles. The highest BCUT2D eigenvalue weighted by Gasteiger charge is 2.18. The molecule has 1 fully saturated rings. The normalized spacial score (nSPS) is 18.5. The minimum atomic E-state index is 0.349. The Morgan fingerprint density at radius 1 is 1.35 bits per heavy atom. The number of hydrogen-bond donors (Lipinski definition) is 1. The number of piperidine rings is 1. The van der Waals surface area contributed by atoms with Crippen molar-refractivity contribution in [2.45, 2.75) is 26.3 Å². The molecule has 0 amide bonds. The fourth-order valence-electron chi connectivity index (χ4n) is 2.35. The first-order chi connectivity index (χ1) is 8.19. The number of likely N-dealkylation sites (tertiary alicyclic amines) is 1. The van der Waals surface area contributed by atoms with Crippen LogP contribution in [0, 0.1) is 12.8 Å². The lowest BCUT2D eigenvalue weighted by atomic mass is 9.97. The molecule has 1 saturated heterocycles. The summed E-state index contributed by atoms with van der Waals surface area (Å²) < 4.78 is 1.21. The van der Waals surface area contributed by atoms with Gasteiger partial charge in [-0.2, -0.15) is 0 Å². The number of aryl methyl sites for hydroxylation is 1. The van der Waals surface area contributed by atoms with E-state index in [2.05, 4.69) is 46.0 Å². The molecule has 2 nitrogen and oxygen atoms in total. The maximum absolute atomic E-state index is 9.12. The van der Waals surface area contributed by atoms with Crippen LogP contribution in [0.3, 0.4) is 0 Å². The second kappa shape index (κ2) is 5.98. The molecule has 0 unspecified atom stereocenters. The van der Waals surface area contributed by atoms with Crippen LogP contribution in [0.4, 0.5) is 0 Å². The Balaban J connectivity index is 1.93. The molecule has 1 aromatic rings. The van der Waals surface area contributed by atoms with Crippen LogP contribution in [0.25, 0.3) is 0 Å². The van der Waals surface area contributed by atoms with Gasteiger partial charge < -0.3 is 5.11 Å². The molecule has 0 aromatic heterocycles. The van der Waals surface area contributed by atoms with Crippen LogP contribution >= 0.6 is 15.9 Å². The molecule has 0 radical (unpaired) electrons. The number of rotatable bonds is 3. The highest BCUT2D eigenvalue weighted by molar-refractivity contribution is 9.10. The van der Waals surface area contributed by atoms with E-state index in [0.29, 0.717) is 12.5 Å². The van der Waals surface area contributed by atoms with Crippen LogP contribution < -0.4 is 0 Å². The third-order valence-electron chi connectivity index (χ3n) is 3.57. The number of nitrogens with zero attached hydrogens (tertiary/aromatic N) is 1. The first kappa shape index (κ1) is 13.1. The van der Waals surface area contributed by atoms with Gasteiger partial charge in [-0.1, -0.05) is 28.1 Å². The molecule has 0 saturated carbocycles. The molecule has 0 spiro atoms. The molecule has 0 atom stereocenters. The summed E-state index contributed by atoms with van der Waals surface area (Å²) >= 11 is 3.63. The SMILES string of the molecule is Cc1ccc(CN2CCC(CO)CC2)c(Br)c1. The standard InChI is InChI=1S/C14H20BrNO/c1-11-2-3-13(14(15)8-11)9-16-6-4-12(10-17)5-7-16/h2-3,8,12,17H,4-7,9-10H2,1H3. The van der Waals surface area contributed by atoms with E-state index in [9.17, 15) is 0 Å². The van der Waals surface area contributed by atoms with Crippen molar-refractivity contribution >= 4 is 15.9 Å². The Bertz CT molecular complexity index is 372. The van der Waals surface area contributed by atoms with Crippen LogP contribution in [-0.2, 0) is 6.54 Å². The Morgan fingerprint density at radius 2 is 2.06 bits per heavy atom. The smallest absolute Gasteiger partial charge is 0.0460 e. The minimum Gasteiger partial charge on any atom is -0.396 e. The number of aliphatic hydroxyl groups excluding tert-OH is 1. The average Bonchev–Trinajstić information content (AvgIpc) is 2.34. The first-order valence-corrected chi connectivity index (χ1v) is 7.06. The van der Waals surface area contributed by atoms with E-state index in [4.69, 9.17) is 5.11 Å². The van der Waals surface area contributed by atoms with Gasteiger partial charge in [0, 0.05) is 17.6 Å². The molecule has 3 heteroatoms. The molecule has 94 valence electrons. The number of halogens is 1. The summed E-state index contributed by atoms with van der Waals surface area (Å²) in [7, 11) is 0. The molecular formula is C14H20BrNO. The van der Waals surface area contributed by atoms with Crippen molar-refractivity contribution in [1.29, 1.82) is 0 Å². The lowest BCUT2D eigenvalue weighted by molar-refractivity contribution is 0.127. The van der Waals surface area contributed by atoms with Crippen LogP contribution in [0.1, 0.15) is 24.0 Å². The van der Waals surface area contributed by atoms with E-state index >= 15 is 0 Å². The van der Waals surface area contributed by atoms with Crippen molar-refractivity contribution in [2.75, 3.05) is 19.7 Å². The number of hydrogen-bond acceptors (Lipinski definition) is 2. The summed E-state index contributed by atoms with van der Waals surface area (Å²) in [4.78, 5) is 2.47. The summed E-state index contributed by atoms with van der Waals surface area (Å²) in [6, 6.07) is 6.55. The first-order valence-electron chi connectivity index (χ1n) is 6.27. The quantitative estimate of drug-likeness (QED) is 0.927. The third kappa shape index (κ3) is 3.54. The molecule has 2 rings (SSSR count). The second-order valence-corrected chi connectivity index (χ2v) is 5.85. The highest BCUT2D eigenvalue weighted by Crippen LogP contribution is 2.23. The Kier molecular flexibility index (Phi) is 4.60. The minimum absolute atomic E-state index is 0.349. The molecule has 0 aliphatic carbocycles. The predicted octanol–water partition coefficient (Wildman–Crippen LogP) is 2.96. The van der Waals surface area contributed by atoms with Gasteiger partial charge in [0.1, 0.15) is 0 Å². The van der Waals surface area contributed by atoms with E-state index in [1.807, 2.05) is 0 Å². The van der Waals surface area contributed by atoms with Gasteiger partial charge >= 0.3 is 0 Å². The van der Waals surface area contributed by atoms with E-state index in [-0.39, 0.29) is 0 Å². The van der Waals surface area contributed by atoms with Gasteiger partial charge in [-0.15, -0.1) is 0 Å². The zero-order chi connectivity index (χ0) is 12.3. The molecule has 1 aliphatic heterocycles. The van der Waals surface area contributed by atoms with Crippen molar-refractivity contribution in [1.82, 2.24) is 4.90 Å². The Labute approximate surface area is 112 Å². The zero-order valence-corrected chi connectivity index (χ0v) is 11.9. The molecule has 17 heavy (non-hydrogen) atoms. The van der Waals surface area contributed by atoms with Crippen molar-refractivity contribution in [3.63, 3.8) is 0 Å². The Morgan fingerprint density at radius 3 is 2.65 bits per heavy atom. The van der Waals surface area contributed by atoms with Crippen LogP contribution in [0.2, 0.25) is 0 Å². The van der Waals surface area contributed by atoms with Crippen LogP contribution in [0.15, 0.2) is 22.7 Å². The van der Waals surface area contributed by atoms with Gasteiger partial charge in [0.25, 0.3) is 0 Å². The monoisotopic (exact) mass is 297 g/mol. The van der Waals surface area contributed by atoms with E-state index in [1.54, 1.807) is 0 Å². The van der Waals surface area contributed by atoms with Crippen molar-refractivity contribution < 1.29 is 5.11 Å².